The van der Waals surface area contributed by atoms with Gasteiger partial charge in [0.1, 0.15) is 0 Å². The van der Waals surface area contributed by atoms with E-state index < -0.39 is 47.0 Å². The number of fused-ring (bicyclic) bond motifs is 6. The SMILES string of the molecule is Cc1[c-]c2c(cc1C(C)(C)C)-c1cc(C(C)(C)C)c(C)cc1C2.Cc1[c-]c2c(cc1C(C)(C)C)-c1cc(C(C)(C)C)c(C)cc1C2.FC(F)(F)c1cccc([C](=[Zr+2])c2cccc(C(F)(F)F)c2)c1.FC(F)(F)c1cccc([C](=[Zr+2])c2cccc(C(F)(F)F)c2)c1.[C-]1=CC=CC1.[C-]1=CC=CC1.[Cl-].[Cl-]. The van der Waals surface area contributed by atoms with Gasteiger partial charge in [-0.2, -0.15) is 47.5 Å². The predicted molar refractivity (Wildman–Crippen MR) is 376 cm³/mol. The molecule has 0 aromatic heterocycles. The number of halogens is 14. The van der Waals surface area contributed by atoms with Crippen LogP contribution in [0.4, 0.5) is 52.7 Å². The van der Waals surface area contributed by atoms with Crippen LogP contribution in [0.3, 0.4) is 0 Å². The first-order valence-electron chi connectivity index (χ1n) is 32.9. The summed E-state index contributed by atoms with van der Waals surface area (Å²) >= 11 is 1.46. The summed E-state index contributed by atoms with van der Waals surface area (Å²) < 4.78 is 153. The van der Waals surface area contributed by atoms with Gasteiger partial charge < -0.3 is 24.8 Å². The van der Waals surface area contributed by atoms with E-state index in [1.807, 2.05) is 24.3 Å². The number of benzene rings is 8. The summed E-state index contributed by atoms with van der Waals surface area (Å²) in [4.78, 5) is 0. The predicted octanol–water partition coefficient (Wildman–Crippen LogP) is 18.8. The van der Waals surface area contributed by atoms with Crippen molar-refractivity contribution in [3.05, 3.63) is 305 Å². The molecule has 102 heavy (non-hydrogen) atoms. The van der Waals surface area contributed by atoms with Gasteiger partial charge in [-0.1, -0.05) is 143 Å². The van der Waals surface area contributed by atoms with Gasteiger partial charge in [0.2, 0.25) is 0 Å². The molecule has 8 aromatic carbocycles. The molecule has 0 spiro atoms. The van der Waals surface area contributed by atoms with Crippen molar-refractivity contribution < 1.29 is 126 Å². The van der Waals surface area contributed by atoms with Crippen LogP contribution in [0.5, 0.6) is 0 Å². The third kappa shape index (κ3) is 23.0. The van der Waals surface area contributed by atoms with Gasteiger partial charge in [-0.25, -0.2) is 24.3 Å². The Kier molecular flexibility index (Phi) is 29.3. The first kappa shape index (κ1) is 86.6. The summed E-state index contributed by atoms with van der Waals surface area (Å²) in [7, 11) is 0. The monoisotopic (exact) mass is 1590 g/mol. The Balaban J connectivity index is 0.000000232. The van der Waals surface area contributed by atoms with Crippen LogP contribution in [0.1, 0.15) is 207 Å². The van der Waals surface area contributed by atoms with Crippen LogP contribution < -0.4 is 24.8 Å². The minimum absolute atomic E-state index is 0. The Hall–Kier alpha value is -6.03. The van der Waals surface area contributed by atoms with E-state index in [0.717, 1.165) is 123 Å². The maximum absolute atomic E-state index is 12.7. The Bertz CT molecular complexity index is 3870. The molecule has 0 nitrogen and oxygen atoms in total. The topological polar surface area (TPSA) is 0 Å². The van der Waals surface area contributed by atoms with Gasteiger partial charge in [-0.05, 0) is 70.9 Å². The fourth-order valence-electron chi connectivity index (χ4n) is 12.5. The molecule has 0 saturated heterocycles. The van der Waals surface area contributed by atoms with Crippen molar-refractivity contribution in [2.45, 2.75) is 183 Å². The summed E-state index contributed by atoms with van der Waals surface area (Å²) in [5.74, 6) is 0. The van der Waals surface area contributed by atoms with Crippen molar-refractivity contribution in [1.29, 1.82) is 0 Å². The minimum atomic E-state index is -4.49. The molecule has 0 bridgehead atoms. The Morgan fingerprint density at radius 1 is 0.343 bits per heavy atom. The summed E-state index contributed by atoms with van der Waals surface area (Å²) in [5, 5.41) is 0. The van der Waals surface area contributed by atoms with E-state index >= 15 is 0 Å². The molecular weight excluding hydrogens is 1510 g/mol. The molecule has 0 aliphatic heterocycles. The van der Waals surface area contributed by atoms with Gasteiger partial charge in [0.15, 0.2) is 0 Å². The van der Waals surface area contributed by atoms with Crippen molar-refractivity contribution in [2.24, 2.45) is 0 Å². The number of hydrogen-bond acceptors (Lipinski definition) is 0. The van der Waals surface area contributed by atoms with Gasteiger partial charge in [-0.15, -0.1) is 46.2 Å². The molecule has 12 rings (SSSR count). The molecule has 536 valence electrons. The second-order valence-corrected chi connectivity index (χ2v) is 31.9. The maximum Gasteiger partial charge on any atom is -0.109 e. The summed E-state index contributed by atoms with van der Waals surface area (Å²) in [6.45, 7) is 36.5. The van der Waals surface area contributed by atoms with E-state index in [1.54, 1.807) is 0 Å². The van der Waals surface area contributed by atoms with Crippen LogP contribution in [-0.2, 0) is 108 Å². The zero-order chi connectivity index (χ0) is 74.5. The maximum atomic E-state index is 12.7. The molecule has 8 aromatic rings. The molecule has 0 saturated carbocycles. The van der Waals surface area contributed by atoms with Gasteiger partial charge in [0.05, 0.1) is 0 Å². The molecule has 4 aliphatic carbocycles. The summed E-state index contributed by atoms with van der Waals surface area (Å²) in [6, 6.07) is 40.2. The average molecular weight is 1600 g/mol. The van der Waals surface area contributed by atoms with Crippen LogP contribution in [0.15, 0.2) is 170 Å². The first-order valence-corrected chi connectivity index (χ1v) is 35.3. The van der Waals surface area contributed by atoms with Gasteiger partial charge >= 0.3 is 274 Å². The van der Waals surface area contributed by atoms with Crippen molar-refractivity contribution in [3.63, 3.8) is 0 Å². The Morgan fingerprint density at radius 2 is 0.598 bits per heavy atom. The number of rotatable bonds is 4. The van der Waals surface area contributed by atoms with Gasteiger partial charge in [0, 0.05) is 0 Å². The summed E-state index contributed by atoms with van der Waals surface area (Å²) in [5.41, 5.74) is 21.0. The molecular formula is C86H84Cl2F12Zr2-2. The molecule has 0 atom stereocenters. The van der Waals surface area contributed by atoms with Crippen molar-refractivity contribution in [3.8, 4) is 22.3 Å². The zero-order valence-corrected chi connectivity index (χ0v) is 66.7. The van der Waals surface area contributed by atoms with Crippen molar-refractivity contribution >= 4 is 6.41 Å². The van der Waals surface area contributed by atoms with Gasteiger partial charge in [0.25, 0.3) is 0 Å². The van der Waals surface area contributed by atoms with Crippen LogP contribution in [-0.4, -0.2) is 6.41 Å². The molecule has 0 unspecified atom stereocenters. The van der Waals surface area contributed by atoms with Crippen molar-refractivity contribution in [1.82, 2.24) is 0 Å². The second kappa shape index (κ2) is 34.5. The molecule has 16 heteroatoms. The third-order valence-electron chi connectivity index (χ3n) is 17.2. The summed E-state index contributed by atoms with van der Waals surface area (Å²) in [6.07, 6.45) is 4.11. The molecule has 0 amide bonds. The minimum Gasteiger partial charge on any atom is -1.00 e. The largest absolute Gasteiger partial charge is 1.00 e. The van der Waals surface area contributed by atoms with E-state index in [-0.39, 0.29) is 68.7 Å². The molecule has 0 radical (unpaired) electrons. The van der Waals surface area contributed by atoms with Crippen LogP contribution in [0, 0.1) is 52.0 Å². The van der Waals surface area contributed by atoms with Crippen LogP contribution in [0.2, 0.25) is 0 Å². The smallest absolute Gasteiger partial charge is 0.109 e. The molecule has 4 aliphatic rings. The number of alkyl halides is 12. The van der Waals surface area contributed by atoms with Gasteiger partial charge in [-0.3, -0.25) is 12.2 Å². The van der Waals surface area contributed by atoms with Crippen LogP contribution >= 0.6 is 0 Å². The van der Waals surface area contributed by atoms with E-state index in [2.05, 4.69) is 184 Å². The quantitative estimate of drug-likeness (QED) is 0.122. The second-order valence-electron chi connectivity index (χ2n) is 29.5. The number of allylic oxidation sites excluding steroid dienone is 8. The zero-order valence-electron chi connectivity index (χ0n) is 60.3. The fraction of sp³-hybridized carbons (Fsp3) is 0.326. The van der Waals surface area contributed by atoms with E-state index in [9.17, 15) is 52.7 Å². The normalized spacial score (nSPS) is 13.3. The van der Waals surface area contributed by atoms with E-state index in [1.165, 1.54) is 138 Å². The average Bonchev–Trinajstić information content (AvgIpc) is 1.60. The third-order valence-corrected chi connectivity index (χ3v) is 20.1. The fourth-order valence-corrected chi connectivity index (χ4v) is 14.0. The van der Waals surface area contributed by atoms with E-state index in [0.29, 0.717) is 6.41 Å². The number of hydrogen-bond donors (Lipinski definition) is 0. The Morgan fingerprint density at radius 3 is 0.804 bits per heavy atom. The molecule has 0 heterocycles. The molecule has 0 N–H and O–H groups in total. The van der Waals surface area contributed by atoms with E-state index in [4.69, 9.17) is 0 Å². The standard InChI is InChI=1S/2C23H29.2C15H8F6.2C5H5.2ClH.2Zr/c2*1-14-9-16-11-17-10-15(2)21(23(6,7)8)13-19(17)18(16)12-20(14)22(3,4)5;2*16-14(17,18)12-5-1-3-10(8-12)7-11-4-2-6-13(9-11)15(19,20)21;2*1-2-4-5-3-1;;;;/h2*9,12-13H,11H2,1-8H3;2*1-6,8-9H;2*1-3H,4H2;2*1H;;/q2*-1;;;2*-1;;;2*+2/p-2. The Labute approximate surface area is 637 Å². The first-order chi connectivity index (χ1) is 46.1. The molecule has 0 fully saturated rings. The number of aryl methyl sites for hydroxylation is 4. The van der Waals surface area contributed by atoms with Crippen molar-refractivity contribution in [2.75, 3.05) is 0 Å². The van der Waals surface area contributed by atoms with Crippen LogP contribution in [0.25, 0.3) is 22.3 Å².